The average Bonchev–Trinajstić information content (AvgIpc) is 3.78. The minimum Gasteiger partial charge on any atom is -0.456 e. The minimum atomic E-state index is -0.134. The quantitative estimate of drug-likeness (QED) is 0.174. The van der Waals surface area contributed by atoms with Crippen LogP contribution in [-0.4, -0.2) is 0 Å². The van der Waals surface area contributed by atoms with Crippen molar-refractivity contribution in [3.63, 3.8) is 0 Å². The first-order valence-electron chi connectivity index (χ1n) is 17.9. The lowest BCUT2D eigenvalue weighted by atomic mass is 9.78. The van der Waals surface area contributed by atoms with E-state index >= 15 is 0 Å². The molecule has 0 unspecified atom stereocenters. The first-order valence-corrected chi connectivity index (χ1v) is 17.9. The van der Waals surface area contributed by atoms with E-state index in [1.807, 2.05) is 12.1 Å². The van der Waals surface area contributed by atoms with Gasteiger partial charge in [-0.25, -0.2) is 0 Å². The van der Waals surface area contributed by atoms with Gasteiger partial charge in [0, 0.05) is 27.2 Å². The molecule has 10 rings (SSSR count). The lowest BCUT2D eigenvalue weighted by molar-refractivity contribution is 0.630. The fourth-order valence-electron chi connectivity index (χ4n) is 9.34. The third-order valence-electron chi connectivity index (χ3n) is 12.3. The van der Waals surface area contributed by atoms with Gasteiger partial charge in [0.05, 0.1) is 0 Å². The van der Waals surface area contributed by atoms with Crippen LogP contribution in [0.25, 0.3) is 67.8 Å². The molecule has 0 fully saturated rings. The van der Waals surface area contributed by atoms with E-state index in [1.54, 1.807) is 0 Å². The van der Waals surface area contributed by atoms with Gasteiger partial charge < -0.3 is 4.42 Å². The molecule has 0 spiro atoms. The van der Waals surface area contributed by atoms with Crippen molar-refractivity contribution >= 4 is 23.1 Å². The highest BCUT2D eigenvalue weighted by molar-refractivity contribution is 5.94. The predicted molar refractivity (Wildman–Crippen MR) is 210 cm³/mol. The normalized spacial score (nSPS) is 16.6. The first-order chi connectivity index (χ1) is 24.0. The van der Waals surface area contributed by atoms with Crippen molar-refractivity contribution < 1.29 is 4.42 Å². The monoisotopic (exact) mass is 644 g/mol. The average molecular weight is 645 g/mol. The second-order valence-electron chi connectivity index (χ2n) is 16.2. The van der Waals surface area contributed by atoms with Gasteiger partial charge in [0.1, 0.15) is 11.3 Å². The third kappa shape index (κ3) is 3.95. The van der Waals surface area contributed by atoms with Crippen LogP contribution in [0.1, 0.15) is 86.1 Å². The Labute approximate surface area is 295 Å². The molecular formula is C49H40O. The largest absolute Gasteiger partial charge is 0.456 e. The molecule has 242 valence electrons. The summed E-state index contributed by atoms with van der Waals surface area (Å²) in [4.78, 5) is 0. The summed E-state index contributed by atoms with van der Waals surface area (Å²) in [6, 6.07) is 45.1. The van der Waals surface area contributed by atoms with Gasteiger partial charge in [0.15, 0.2) is 0 Å². The van der Waals surface area contributed by atoms with E-state index in [0.29, 0.717) is 0 Å². The number of rotatable bonds is 3. The molecule has 1 heteroatoms. The number of fused-ring (bicyclic) bond motifs is 10. The summed E-state index contributed by atoms with van der Waals surface area (Å²) < 4.78 is 6.30. The van der Waals surface area contributed by atoms with Gasteiger partial charge in [0.2, 0.25) is 0 Å². The van der Waals surface area contributed by atoms with Crippen molar-refractivity contribution in [3.05, 3.63) is 166 Å². The topological polar surface area (TPSA) is 13.1 Å². The zero-order valence-corrected chi connectivity index (χ0v) is 29.6. The van der Waals surface area contributed by atoms with Crippen LogP contribution in [0, 0.1) is 0 Å². The Hall–Kier alpha value is -5.40. The van der Waals surface area contributed by atoms with Crippen LogP contribution >= 0.6 is 0 Å². The predicted octanol–water partition coefficient (Wildman–Crippen LogP) is 13.2. The fraction of sp³-hybridized carbons (Fsp3) is 0.184. The summed E-state index contributed by atoms with van der Waals surface area (Å²) in [7, 11) is 0. The van der Waals surface area contributed by atoms with Crippen molar-refractivity contribution in [1.82, 2.24) is 0 Å². The molecule has 3 aliphatic rings. The molecule has 1 nitrogen and oxygen atoms in total. The van der Waals surface area contributed by atoms with Crippen LogP contribution in [0.3, 0.4) is 0 Å². The molecule has 0 aliphatic heterocycles. The summed E-state index contributed by atoms with van der Waals surface area (Å²) in [5.41, 5.74) is 20.9. The van der Waals surface area contributed by atoms with E-state index in [4.69, 9.17) is 4.42 Å². The van der Waals surface area contributed by atoms with Crippen LogP contribution < -0.4 is 0 Å². The van der Waals surface area contributed by atoms with E-state index in [9.17, 15) is 0 Å². The van der Waals surface area contributed by atoms with E-state index < -0.39 is 0 Å². The van der Waals surface area contributed by atoms with Crippen LogP contribution in [0.5, 0.6) is 0 Å². The standard InChI is InChI=1S/C49H40O/c1-47(2)39-22-30(17-16-29-12-8-7-9-13-29)18-20-33(39)35-25-43-37(27-41(35)47)38-28-42-36(26-44(38)49(43,5)6)34-21-19-32(23-40(34)48(42,3)4)46-24-31-14-10-11-15-45(31)50-46/h7-28H,1-6H3/b17-16+. The zero-order chi connectivity index (χ0) is 34.2. The SMILES string of the molecule is CC1(C)c2cc(/C=C/c3ccccc3)ccc2-c2cc3c(cc21)-c1cc2c(cc1C3(C)C)-c1ccc(-c3cc4ccccc4o3)cc1C2(C)C. The maximum Gasteiger partial charge on any atom is 0.135 e. The van der Waals surface area contributed by atoms with E-state index in [0.717, 1.165) is 22.3 Å². The van der Waals surface area contributed by atoms with Crippen LogP contribution in [0.2, 0.25) is 0 Å². The van der Waals surface area contributed by atoms with Gasteiger partial charge in [-0.3, -0.25) is 0 Å². The Morgan fingerprint density at radius 1 is 0.400 bits per heavy atom. The van der Waals surface area contributed by atoms with Crippen molar-refractivity contribution in [1.29, 1.82) is 0 Å². The second-order valence-corrected chi connectivity index (χ2v) is 16.2. The molecule has 7 aromatic rings. The third-order valence-corrected chi connectivity index (χ3v) is 12.3. The summed E-state index contributed by atoms with van der Waals surface area (Å²) >= 11 is 0. The molecule has 0 radical (unpaired) electrons. The highest BCUT2D eigenvalue weighted by atomic mass is 16.3. The molecule has 1 aromatic heterocycles. The number of para-hydroxylation sites is 1. The Kier molecular flexibility index (Phi) is 5.82. The van der Waals surface area contributed by atoms with Gasteiger partial charge in [-0.05, 0) is 120 Å². The second kappa shape index (κ2) is 9.86. The highest BCUT2D eigenvalue weighted by Crippen LogP contribution is 2.59. The first kappa shape index (κ1) is 29.5. The summed E-state index contributed by atoms with van der Waals surface area (Å²) in [5.74, 6) is 0.926. The molecule has 3 aliphatic carbocycles. The lowest BCUT2D eigenvalue weighted by Gasteiger charge is -2.25. The van der Waals surface area contributed by atoms with Crippen molar-refractivity contribution in [2.45, 2.75) is 57.8 Å². The summed E-state index contributed by atoms with van der Waals surface area (Å²) in [6.45, 7) is 14.4. The number of hydrogen-bond acceptors (Lipinski definition) is 1. The molecule has 0 N–H and O–H groups in total. The molecule has 50 heavy (non-hydrogen) atoms. The molecule has 0 amide bonds. The number of hydrogen-bond donors (Lipinski definition) is 0. The Balaban J connectivity index is 1.06. The zero-order valence-electron chi connectivity index (χ0n) is 29.6. The van der Waals surface area contributed by atoms with Gasteiger partial charge in [-0.1, -0.05) is 133 Å². The number of benzene rings is 6. The molecule has 0 saturated carbocycles. The maximum absolute atomic E-state index is 6.30. The minimum absolute atomic E-state index is 0.0948. The van der Waals surface area contributed by atoms with E-state index in [2.05, 4.69) is 163 Å². The molecular weight excluding hydrogens is 605 g/mol. The molecule has 6 aromatic carbocycles. The highest BCUT2D eigenvalue weighted by Gasteiger charge is 2.44. The van der Waals surface area contributed by atoms with Gasteiger partial charge in [-0.15, -0.1) is 0 Å². The lowest BCUT2D eigenvalue weighted by Crippen LogP contribution is -2.17. The molecule has 0 atom stereocenters. The summed E-state index contributed by atoms with van der Waals surface area (Å²) in [6.07, 6.45) is 4.46. The van der Waals surface area contributed by atoms with Crippen molar-refractivity contribution in [2.24, 2.45) is 0 Å². The summed E-state index contributed by atoms with van der Waals surface area (Å²) in [5, 5.41) is 1.14. The number of furan rings is 1. The van der Waals surface area contributed by atoms with Crippen LogP contribution in [0.15, 0.2) is 126 Å². The van der Waals surface area contributed by atoms with Crippen LogP contribution in [-0.2, 0) is 16.2 Å². The Morgan fingerprint density at radius 2 is 0.880 bits per heavy atom. The Bertz CT molecular complexity index is 2570. The smallest absolute Gasteiger partial charge is 0.135 e. The van der Waals surface area contributed by atoms with Crippen molar-refractivity contribution in [3.8, 4) is 44.7 Å². The van der Waals surface area contributed by atoms with Gasteiger partial charge >= 0.3 is 0 Å². The van der Waals surface area contributed by atoms with E-state index in [1.165, 1.54) is 77.9 Å². The van der Waals surface area contributed by atoms with Crippen LogP contribution in [0.4, 0.5) is 0 Å². The van der Waals surface area contributed by atoms with E-state index in [-0.39, 0.29) is 16.2 Å². The van der Waals surface area contributed by atoms with Gasteiger partial charge in [0.25, 0.3) is 0 Å². The molecule has 0 bridgehead atoms. The molecule has 0 saturated heterocycles. The van der Waals surface area contributed by atoms with Gasteiger partial charge in [-0.2, -0.15) is 0 Å². The molecule has 1 heterocycles. The Morgan fingerprint density at radius 3 is 1.48 bits per heavy atom. The maximum atomic E-state index is 6.30. The van der Waals surface area contributed by atoms with Crippen molar-refractivity contribution in [2.75, 3.05) is 0 Å². The fourth-order valence-corrected chi connectivity index (χ4v) is 9.34.